The number of aliphatic hydroxyl groups excluding tert-OH is 1. The summed E-state index contributed by atoms with van der Waals surface area (Å²) in [6, 6.07) is 0. The Bertz CT molecular complexity index is 860. The van der Waals surface area contributed by atoms with Gasteiger partial charge in [-0.15, -0.1) is 0 Å². The quantitative estimate of drug-likeness (QED) is 0.365. The highest BCUT2D eigenvalue weighted by molar-refractivity contribution is 5.76. The molecule has 1 saturated heterocycles. The molecule has 0 aromatic heterocycles. The number of likely N-dealkylation sites (tertiary alicyclic amines) is 1. The molecule has 4 aliphatic carbocycles. The summed E-state index contributed by atoms with van der Waals surface area (Å²) >= 11 is 0. The van der Waals surface area contributed by atoms with Crippen LogP contribution in [0.15, 0.2) is 11.6 Å². The Morgan fingerprint density at radius 3 is 2.57 bits per heavy atom. The lowest BCUT2D eigenvalue weighted by molar-refractivity contribution is -0.136. The second kappa shape index (κ2) is 10.6. The third kappa shape index (κ3) is 5.08. The van der Waals surface area contributed by atoms with Crippen LogP contribution >= 0.6 is 0 Å². The fraction of sp³-hybridized carbons (Fsp3) is 0.909. The molecule has 4 fully saturated rings. The average Bonchev–Trinajstić information content (AvgIpc) is 3.24. The van der Waals surface area contributed by atoms with E-state index in [0.29, 0.717) is 29.1 Å². The van der Waals surface area contributed by atoms with Crippen LogP contribution in [0.3, 0.4) is 0 Å². The smallest absolute Gasteiger partial charge is 0.222 e. The van der Waals surface area contributed by atoms with E-state index >= 15 is 0 Å². The van der Waals surface area contributed by atoms with Crippen LogP contribution in [0, 0.1) is 40.4 Å². The first-order valence-corrected chi connectivity index (χ1v) is 16.0. The lowest BCUT2D eigenvalue weighted by Gasteiger charge is -2.58. The van der Waals surface area contributed by atoms with Crippen LogP contribution in [-0.2, 0) is 4.79 Å². The predicted molar refractivity (Wildman–Crippen MR) is 150 cm³/mol. The van der Waals surface area contributed by atoms with E-state index in [1.807, 2.05) is 4.90 Å². The van der Waals surface area contributed by atoms with Gasteiger partial charge in [0, 0.05) is 19.5 Å². The second-order valence-corrected chi connectivity index (χ2v) is 14.6. The zero-order chi connectivity index (χ0) is 26.4. The van der Waals surface area contributed by atoms with E-state index in [1.165, 1.54) is 38.5 Å². The maximum atomic E-state index is 13.1. The van der Waals surface area contributed by atoms with E-state index in [1.54, 1.807) is 5.57 Å². The molecule has 8 atom stereocenters. The molecule has 5 aliphatic rings. The maximum Gasteiger partial charge on any atom is 0.222 e. The van der Waals surface area contributed by atoms with E-state index < -0.39 is 5.60 Å². The number of aliphatic hydroxyl groups is 2. The van der Waals surface area contributed by atoms with Crippen LogP contribution < -0.4 is 0 Å². The summed E-state index contributed by atoms with van der Waals surface area (Å²) in [6.45, 7) is 11.2. The maximum absolute atomic E-state index is 13.1. The Morgan fingerprint density at radius 2 is 1.84 bits per heavy atom. The summed E-state index contributed by atoms with van der Waals surface area (Å²) in [7, 11) is 0. The Hall–Kier alpha value is -0.870. The van der Waals surface area contributed by atoms with Gasteiger partial charge >= 0.3 is 0 Å². The number of allylic oxidation sites excluding steroid dienone is 1. The van der Waals surface area contributed by atoms with Crippen molar-refractivity contribution in [1.82, 2.24) is 4.90 Å². The minimum atomic E-state index is -0.546. The minimum Gasteiger partial charge on any atom is -0.393 e. The molecule has 37 heavy (non-hydrogen) atoms. The molecular weight excluding hydrogens is 458 g/mol. The van der Waals surface area contributed by atoms with Crippen molar-refractivity contribution in [3.63, 3.8) is 0 Å². The highest BCUT2D eigenvalue weighted by atomic mass is 16.3. The zero-order valence-electron chi connectivity index (χ0n) is 24.3. The monoisotopic (exact) mass is 513 g/mol. The van der Waals surface area contributed by atoms with Gasteiger partial charge in [-0.1, -0.05) is 52.2 Å². The molecule has 0 radical (unpaired) electrons. The lowest BCUT2D eigenvalue weighted by Crippen LogP contribution is -2.50. The largest absolute Gasteiger partial charge is 0.393 e. The van der Waals surface area contributed by atoms with E-state index in [0.717, 1.165) is 88.1 Å². The molecule has 0 aromatic carbocycles. The summed E-state index contributed by atoms with van der Waals surface area (Å²) < 4.78 is 0. The number of nitrogens with zero attached hydrogens (tertiary/aromatic N) is 1. The molecule has 1 aliphatic heterocycles. The summed E-state index contributed by atoms with van der Waals surface area (Å²) in [4.78, 5) is 15.1. The highest BCUT2D eigenvalue weighted by Gasteiger charge is 2.59. The zero-order valence-corrected chi connectivity index (χ0v) is 24.3. The molecular formula is C33H55NO3. The Morgan fingerprint density at radius 1 is 1.08 bits per heavy atom. The number of unbranched alkanes of at least 4 members (excludes halogenated alkanes) is 1. The van der Waals surface area contributed by atoms with Crippen molar-refractivity contribution in [3.05, 3.63) is 11.6 Å². The van der Waals surface area contributed by atoms with E-state index in [4.69, 9.17) is 0 Å². The molecule has 0 bridgehead atoms. The summed E-state index contributed by atoms with van der Waals surface area (Å²) in [5.74, 6) is 4.06. The summed E-state index contributed by atoms with van der Waals surface area (Å²) in [5.41, 5.74) is 1.76. The number of fused-ring (bicyclic) bond motifs is 5. The molecule has 1 heterocycles. The van der Waals surface area contributed by atoms with Crippen LogP contribution in [0.25, 0.3) is 0 Å². The van der Waals surface area contributed by atoms with Gasteiger partial charge in [0.1, 0.15) is 0 Å². The van der Waals surface area contributed by atoms with Gasteiger partial charge in [0.15, 0.2) is 0 Å². The van der Waals surface area contributed by atoms with E-state index in [2.05, 4.69) is 33.8 Å². The van der Waals surface area contributed by atoms with Gasteiger partial charge in [0.25, 0.3) is 0 Å². The topological polar surface area (TPSA) is 60.8 Å². The normalized spacial score (nSPS) is 41.8. The minimum absolute atomic E-state index is 0.124. The number of carbonyl (C=O) groups excluding carboxylic acids is 1. The second-order valence-electron chi connectivity index (χ2n) is 14.6. The Balaban J connectivity index is 1.17. The van der Waals surface area contributed by atoms with Gasteiger partial charge in [0.05, 0.1) is 11.7 Å². The van der Waals surface area contributed by atoms with Crippen molar-refractivity contribution in [3.8, 4) is 0 Å². The molecule has 210 valence electrons. The van der Waals surface area contributed by atoms with Gasteiger partial charge in [-0.25, -0.2) is 0 Å². The van der Waals surface area contributed by atoms with Crippen molar-refractivity contribution in [2.75, 3.05) is 13.1 Å². The van der Waals surface area contributed by atoms with Gasteiger partial charge < -0.3 is 15.1 Å². The number of carbonyl (C=O) groups is 1. The molecule has 4 heteroatoms. The van der Waals surface area contributed by atoms with E-state index in [9.17, 15) is 15.0 Å². The van der Waals surface area contributed by atoms with Gasteiger partial charge in [-0.2, -0.15) is 0 Å². The van der Waals surface area contributed by atoms with Crippen molar-refractivity contribution in [2.45, 2.75) is 136 Å². The first kappa shape index (κ1) is 27.7. The fourth-order valence-corrected chi connectivity index (χ4v) is 10.3. The summed E-state index contributed by atoms with van der Waals surface area (Å²) in [6.07, 6.45) is 18.3. The first-order chi connectivity index (χ1) is 17.6. The van der Waals surface area contributed by atoms with Crippen LogP contribution in [-0.4, -0.2) is 45.8 Å². The van der Waals surface area contributed by atoms with Crippen molar-refractivity contribution >= 4 is 5.91 Å². The Labute approximate surface area is 226 Å². The van der Waals surface area contributed by atoms with Crippen LogP contribution in [0.1, 0.15) is 124 Å². The molecule has 3 saturated carbocycles. The van der Waals surface area contributed by atoms with Crippen molar-refractivity contribution < 1.29 is 15.0 Å². The average molecular weight is 514 g/mol. The molecule has 4 nitrogen and oxygen atoms in total. The van der Waals surface area contributed by atoms with Crippen molar-refractivity contribution in [2.24, 2.45) is 40.4 Å². The molecule has 0 aromatic rings. The van der Waals surface area contributed by atoms with Crippen LogP contribution in [0.2, 0.25) is 0 Å². The molecule has 1 amide bonds. The Kier molecular flexibility index (Phi) is 7.93. The van der Waals surface area contributed by atoms with Crippen molar-refractivity contribution in [1.29, 1.82) is 0 Å². The molecule has 2 N–H and O–H groups in total. The van der Waals surface area contributed by atoms with E-state index in [-0.39, 0.29) is 6.10 Å². The van der Waals surface area contributed by atoms with Gasteiger partial charge in [-0.05, 0) is 117 Å². The molecule has 0 spiro atoms. The lowest BCUT2D eigenvalue weighted by atomic mass is 9.47. The number of hydrogen-bond donors (Lipinski definition) is 2. The fourth-order valence-electron chi connectivity index (χ4n) is 10.3. The highest BCUT2D eigenvalue weighted by Crippen LogP contribution is 2.67. The number of hydrogen-bond acceptors (Lipinski definition) is 3. The third-order valence-corrected chi connectivity index (χ3v) is 12.7. The number of amides is 1. The third-order valence-electron chi connectivity index (χ3n) is 12.7. The standard InChI is InChI=1S/C33H55NO3/c1-5-6-15-33(37)18-20-34(21-19-33)30(36)12-7-23(2)27-10-11-28-26-9-8-24-22-25(35)13-16-31(24,3)29(26)14-17-32(27,28)4/h8,23,25-29,35,37H,5-7,9-22H2,1-4H3/t23-,25+,26+,27-,28+,29+,31+,32-/m1/s1. The number of piperidine rings is 1. The van der Waals surface area contributed by atoms with Crippen LogP contribution in [0.4, 0.5) is 0 Å². The van der Waals surface area contributed by atoms with Gasteiger partial charge in [0.2, 0.25) is 5.91 Å². The molecule has 0 unspecified atom stereocenters. The van der Waals surface area contributed by atoms with Gasteiger partial charge in [-0.3, -0.25) is 4.79 Å². The summed E-state index contributed by atoms with van der Waals surface area (Å²) in [5, 5.41) is 21.1. The predicted octanol–water partition coefficient (Wildman–Crippen LogP) is 6.89. The first-order valence-electron chi connectivity index (χ1n) is 16.0. The SMILES string of the molecule is CCCCC1(O)CCN(C(=O)CC[C@@H](C)[C@H]2CC[C@H]3[C@@H]4CC=C5C[C@@H](O)CC[C@]5(C)[C@H]4CC[C@]23C)CC1. The van der Waals surface area contributed by atoms with Crippen LogP contribution in [0.5, 0.6) is 0 Å². The number of rotatable bonds is 7. The molecule has 5 rings (SSSR count).